The lowest BCUT2D eigenvalue weighted by Crippen LogP contribution is -2.26. The Kier molecular flexibility index (Phi) is 6.82. The Morgan fingerprint density at radius 1 is 1.21 bits per heavy atom. The largest absolute Gasteiger partial charge is 0.466 e. The number of rotatable bonds is 7. The molecule has 6 heteroatoms. The highest BCUT2D eigenvalue weighted by atomic mass is 16.5. The van der Waals surface area contributed by atoms with E-state index in [9.17, 15) is 9.59 Å². The fourth-order valence-corrected chi connectivity index (χ4v) is 3.20. The van der Waals surface area contributed by atoms with Crippen molar-refractivity contribution >= 4 is 11.9 Å². The zero-order chi connectivity index (χ0) is 17.5. The first-order chi connectivity index (χ1) is 11.6. The highest BCUT2D eigenvalue weighted by molar-refractivity contribution is 5.90. The lowest BCUT2D eigenvalue weighted by Gasteiger charge is -2.28. The maximum Gasteiger partial charge on any atom is 0.341 e. The molecule has 0 N–H and O–H groups in total. The van der Waals surface area contributed by atoms with E-state index in [4.69, 9.17) is 9.47 Å². The van der Waals surface area contributed by atoms with E-state index in [0.717, 1.165) is 44.2 Å². The highest BCUT2D eigenvalue weighted by Crippen LogP contribution is 2.33. The van der Waals surface area contributed by atoms with E-state index in [2.05, 4.69) is 12.0 Å². The Morgan fingerprint density at radius 3 is 2.54 bits per heavy atom. The minimum Gasteiger partial charge on any atom is -0.466 e. The number of ether oxygens (including phenoxy) is 2. The zero-order valence-electron chi connectivity index (χ0n) is 14.9. The van der Waals surface area contributed by atoms with Gasteiger partial charge in [0.25, 0.3) is 0 Å². The SMILES string of the molecule is CCCCOC(=O)c1cnn(C2CCC(C(=O)OCC)CC2)c1C. The Labute approximate surface area is 143 Å². The van der Waals surface area contributed by atoms with Crippen molar-refractivity contribution in [2.24, 2.45) is 5.92 Å². The topological polar surface area (TPSA) is 70.4 Å². The van der Waals surface area contributed by atoms with Crippen molar-refractivity contribution < 1.29 is 19.1 Å². The van der Waals surface area contributed by atoms with Crippen LogP contribution in [-0.4, -0.2) is 34.9 Å². The van der Waals surface area contributed by atoms with Crippen molar-refractivity contribution in [1.29, 1.82) is 0 Å². The standard InChI is InChI=1S/C18H28N2O4/c1-4-6-11-24-18(22)16-12-19-20(13(16)3)15-9-7-14(8-10-15)17(21)23-5-2/h12,14-15H,4-11H2,1-3H3. The van der Waals surface area contributed by atoms with Crippen molar-refractivity contribution in [1.82, 2.24) is 9.78 Å². The molecule has 134 valence electrons. The summed E-state index contributed by atoms with van der Waals surface area (Å²) >= 11 is 0. The van der Waals surface area contributed by atoms with Crippen molar-refractivity contribution in [3.63, 3.8) is 0 Å². The van der Waals surface area contributed by atoms with Gasteiger partial charge >= 0.3 is 11.9 Å². The molecule has 1 fully saturated rings. The maximum absolute atomic E-state index is 12.1. The van der Waals surface area contributed by atoms with E-state index in [1.807, 2.05) is 18.5 Å². The minimum absolute atomic E-state index is 0.00412. The lowest BCUT2D eigenvalue weighted by atomic mass is 9.86. The minimum atomic E-state index is -0.299. The molecule has 0 bridgehead atoms. The van der Waals surface area contributed by atoms with Crippen LogP contribution in [-0.2, 0) is 14.3 Å². The first-order valence-electron chi connectivity index (χ1n) is 8.96. The smallest absolute Gasteiger partial charge is 0.341 e. The van der Waals surface area contributed by atoms with Crippen LogP contribution in [0.5, 0.6) is 0 Å². The van der Waals surface area contributed by atoms with Gasteiger partial charge in [0.1, 0.15) is 5.56 Å². The van der Waals surface area contributed by atoms with E-state index >= 15 is 0 Å². The number of nitrogens with zero attached hydrogens (tertiary/aromatic N) is 2. The lowest BCUT2D eigenvalue weighted by molar-refractivity contribution is -0.149. The summed E-state index contributed by atoms with van der Waals surface area (Å²) in [4.78, 5) is 23.9. The Morgan fingerprint density at radius 2 is 1.92 bits per heavy atom. The summed E-state index contributed by atoms with van der Waals surface area (Å²) in [6.07, 6.45) is 6.82. The summed E-state index contributed by atoms with van der Waals surface area (Å²) < 4.78 is 12.3. The van der Waals surface area contributed by atoms with Crippen LogP contribution < -0.4 is 0 Å². The summed E-state index contributed by atoms with van der Waals surface area (Å²) in [6, 6.07) is 0.230. The fraction of sp³-hybridized carbons (Fsp3) is 0.722. The highest BCUT2D eigenvalue weighted by Gasteiger charge is 2.30. The summed E-state index contributed by atoms with van der Waals surface area (Å²) in [7, 11) is 0. The molecule has 0 amide bonds. The van der Waals surface area contributed by atoms with Crippen molar-refractivity contribution in [2.75, 3.05) is 13.2 Å². The summed E-state index contributed by atoms with van der Waals surface area (Å²) in [5.41, 5.74) is 1.38. The predicted octanol–water partition coefficient (Wildman–Crippen LogP) is 3.44. The third-order valence-electron chi connectivity index (χ3n) is 4.66. The summed E-state index contributed by atoms with van der Waals surface area (Å²) in [5, 5.41) is 4.39. The molecular formula is C18H28N2O4. The number of unbranched alkanes of at least 4 members (excludes halogenated alkanes) is 1. The van der Waals surface area contributed by atoms with Gasteiger partial charge in [0.2, 0.25) is 0 Å². The second-order valence-corrected chi connectivity index (χ2v) is 6.34. The van der Waals surface area contributed by atoms with Crippen molar-refractivity contribution in [3.8, 4) is 0 Å². The summed E-state index contributed by atoms with van der Waals surface area (Å²) in [5.74, 6) is -0.392. The van der Waals surface area contributed by atoms with Crippen LogP contribution in [0, 0.1) is 12.8 Å². The van der Waals surface area contributed by atoms with Crippen LogP contribution in [0.1, 0.15) is 74.5 Å². The number of carbonyl (C=O) groups excluding carboxylic acids is 2. The molecule has 1 aromatic rings. The van der Waals surface area contributed by atoms with Gasteiger partial charge in [-0.25, -0.2) is 4.79 Å². The van der Waals surface area contributed by atoms with Crippen LogP contribution >= 0.6 is 0 Å². The van der Waals surface area contributed by atoms with Crippen LogP contribution in [0.25, 0.3) is 0 Å². The van der Waals surface area contributed by atoms with Gasteiger partial charge in [-0.05, 0) is 46.0 Å². The normalized spacial score (nSPS) is 20.6. The third kappa shape index (κ3) is 4.36. The van der Waals surface area contributed by atoms with Crippen LogP contribution in [0.2, 0.25) is 0 Å². The average molecular weight is 336 g/mol. The average Bonchev–Trinajstić information content (AvgIpc) is 2.97. The molecule has 24 heavy (non-hydrogen) atoms. The van der Waals surface area contributed by atoms with E-state index in [-0.39, 0.29) is 23.9 Å². The van der Waals surface area contributed by atoms with Crippen LogP contribution in [0.3, 0.4) is 0 Å². The molecule has 1 saturated carbocycles. The van der Waals surface area contributed by atoms with Crippen molar-refractivity contribution in [2.45, 2.75) is 65.3 Å². The fourth-order valence-electron chi connectivity index (χ4n) is 3.20. The molecule has 1 aliphatic rings. The number of hydrogen-bond donors (Lipinski definition) is 0. The predicted molar refractivity (Wildman–Crippen MR) is 89.8 cm³/mol. The number of hydrogen-bond acceptors (Lipinski definition) is 5. The second-order valence-electron chi connectivity index (χ2n) is 6.34. The van der Waals surface area contributed by atoms with Crippen LogP contribution in [0.15, 0.2) is 6.20 Å². The van der Waals surface area contributed by atoms with Crippen LogP contribution in [0.4, 0.5) is 0 Å². The quantitative estimate of drug-likeness (QED) is 0.563. The molecule has 0 spiro atoms. The Hall–Kier alpha value is -1.85. The second kappa shape index (κ2) is 8.85. The maximum atomic E-state index is 12.1. The first-order valence-corrected chi connectivity index (χ1v) is 8.96. The zero-order valence-corrected chi connectivity index (χ0v) is 14.9. The van der Waals surface area contributed by atoms with Gasteiger partial charge in [0, 0.05) is 0 Å². The molecule has 6 nitrogen and oxygen atoms in total. The summed E-state index contributed by atoms with van der Waals surface area (Å²) in [6.45, 7) is 6.67. The van der Waals surface area contributed by atoms with Gasteiger partial charge in [-0.15, -0.1) is 0 Å². The molecule has 1 aliphatic carbocycles. The first kappa shape index (κ1) is 18.5. The molecule has 0 saturated heterocycles. The third-order valence-corrected chi connectivity index (χ3v) is 4.66. The van der Waals surface area contributed by atoms with E-state index in [1.54, 1.807) is 6.20 Å². The van der Waals surface area contributed by atoms with Gasteiger partial charge < -0.3 is 9.47 Å². The molecule has 1 aromatic heterocycles. The molecule has 0 radical (unpaired) electrons. The number of esters is 2. The van der Waals surface area contributed by atoms with Gasteiger partial charge in [-0.1, -0.05) is 13.3 Å². The van der Waals surface area contributed by atoms with E-state index in [1.165, 1.54) is 0 Å². The van der Waals surface area contributed by atoms with Gasteiger partial charge in [0.05, 0.1) is 37.1 Å². The number of aromatic nitrogens is 2. The van der Waals surface area contributed by atoms with Crippen molar-refractivity contribution in [3.05, 3.63) is 17.5 Å². The molecule has 0 unspecified atom stereocenters. The monoisotopic (exact) mass is 336 g/mol. The molecule has 1 heterocycles. The molecule has 0 atom stereocenters. The molecule has 2 rings (SSSR count). The van der Waals surface area contributed by atoms with Gasteiger partial charge in [0.15, 0.2) is 0 Å². The molecular weight excluding hydrogens is 308 g/mol. The van der Waals surface area contributed by atoms with Gasteiger partial charge in [-0.2, -0.15) is 5.10 Å². The van der Waals surface area contributed by atoms with E-state index in [0.29, 0.717) is 18.8 Å². The molecule has 0 aliphatic heterocycles. The molecule has 0 aromatic carbocycles. The Balaban J connectivity index is 1.94. The number of carbonyl (C=O) groups is 2. The Bertz CT molecular complexity index is 559. The van der Waals surface area contributed by atoms with Gasteiger partial charge in [-0.3, -0.25) is 9.48 Å². The van der Waals surface area contributed by atoms with E-state index < -0.39 is 0 Å².